The Morgan fingerprint density at radius 2 is 1.73 bits per heavy atom. The number of nitrogens with zero attached hydrogens (tertiary/aromatic N) is 4. The summed E-state index contributed by atoms with van der Waals surface area (Å²) in [6, 6.07) is 24.3. The number of rotatable bonds is 8. The van der Waals surface area contributed by atoms with E-state index in [2.05, 4.69) is 26.2 Å². The number of aryl methyl sites for hydroxylation is 1. The number of aromatic nitrogens is 4. The van der Waals surface area contributed by atoms with E-state index in [1.54, 1.807) is 28.9 Å². The number of anilines is 2. The average Bonchev–Trinajstić information content (AvgIpc) is 3.25. The van der Waals surface area contributed by atoms with Crippen molar-refractivity contribution in [3.8, 4) is 0 Å². The second-order valence-corrected chi connectivity index (χ2v) is 8.25. The highest BCUT2D eigenvalue weighted by molar-refractivity contribution is 7.99. The van der Waals surface area contributed by atoms with Gasteiger partial charge in [0.05, 0.1) is 23.5 Å². The van der Waals surface area contributed by atoms with Gasteiger partial charge in [0, 0.05) is 5.69 Å². The van der Waals surface area contributed by atoms with Crippen LogP contribution in [0.5, 0.6) is 0 Å². The number of carbonyl (C=O) groups excluding carboxylic acids is 2. The van der Waals surface area contributed by atoms with Gasteiger partial charge in [-0.15, -0.1) is 5.10 Å². The molecule has 4 rings (SSSR count). The van der Waals surface area contributed by atoms with E-state index >= 15 is 0 Å². The average molecular weight is 459 g/mol. The summed E-state index contributed by atoms with van der Waals surface area (Å²) in [4.78, 5) is 25.4. The van der Waals surface area contributed by atoms with E-state index in [1.165, 1.54) is 11.8 Å². The fourth-order valence-corrected chi connectivity index (χ4v) is 3.86. The van der Waals surface area contributed by atoms with Crippen molar-refractivity contribution in [2.45, 2.75) is 18.6 Å². The molecule has 0 unspecified atom stereocenters. The van der Waals surface area contributed by atoms with Crippen molar-refractivity contribution in [3.05, 3.63) is 95.6 Å². The summed E-state index contributed by atoms with van der Waals surface area (Å²) in [7, 11) is 0. The Labute approximate surface area is 195 Å². The Hall–Kier alpha value is -3.98. The first-order valence-corrected chi connectivity index (χ1v) is 11.3. The number of nitrogens with one attached hydrogen (secondary N) is 2. The molecule has 0 saturated carbocycles. The second-order valence-electron chi connectivity index (χ2n) is 7.31. The molecule has 0 bridgehead atoms. The molecule has 0 fully saturated rings. The first kappa shape index (κ1) is 22.2. The Balaban J connectivity index is 1.38. The standard InChI is InChI=1S/C24H22N6O2S/c1-17-8-7-11-19(14-17)25-23(32)20-12-5-6-13-21(20)26-22(31)16-33-24-27-28-29-30(24)15-18-9-3-2-4-10-18/h2-14H,15-16H2,1H3,(H,25,32)(H,26,31). The number of hydrogen-bond donors (Lipinski definition) is 2. The van der Waals surface area contributed by atoms with Gasteiger partial charge in [-0.1, -0.05) is 66.4 Å². The summed E-state index contributed by atoms with van der Waals surface area (Å²) < 4.78 is 1.65. The lowest BCUT2D eigenvalue weighted by molar-refractivity contribution is -0.113. The van der Waals surface area contributed by atoms with Gasteiger partial charge >= 0.3 is 0 Å². The minimum Gasteiger partial charge on any atom is -0.325 e. The third-order valence-electron chi connectivity index (χ3n) is 4.73. The van der Waals surface area contributed by atoms with E-state index in [4.69, 9.17) is 0 Å². The van der Waals surface area contributed by atoms with E-state index in [-0.39, 0.29) is 17.6 Å². The second kappa shape index (κ2) is 10.6. The van der Waals surface area contributed by atoms with Gasteiger partial charge in [-0.25, -0.2) is 4.68 Å². The zero-order chi connectivity index (χ0) is 23.0. The van der Waals surface area contributed by atoms with Gasteiger partial charge in [0.1, 0.15) is 0 Å². The molecule has 8 nitrogen and oxygen atoms in total. The summed E-state index contributed by atoms with van der Waals surface area (Å²) in [5, 5.41) is 18.0. The monoisotopic (exact) mass is 458 g/mol. The van der Waals surface area contributed by atoms with Crippen LogP contribution in [0.15, 0.2) is 84.0 Å². The molecule has 2 amide bonds. The maximum atomic E-state index is 12.8. The zero-order valence-electron chi connectivity index (χ0n) is 17.9. The van der Waals surface area contributed by atoms with E-state index in [1.807, 2.05) is 61.5 Å². The van der Waals surface area contributed by atoms with Crippen LogP contribution in [0.2, 0.25) is 0 Å². The van der Waals surface area contributed by atoms with Crippen molar-refractivity contribution < 1.29 is 9.59 Å². The van der Waals surface area contributed by atoms with Crippen molar-refractivity contribution in [2.24, 2.45) is 0 Å². The molecule has 3 aromatic carbocycles. The lowest BCUT2D eigenvalue weighted by Gasteiger charge is -2.12. The molecular weight excluding hydrogens is 436 g/mol. The first-order chi connectivity index (χ1) is 16.1. The van der Waals surface area contributed by atoms with Gasteiger partial charge in [0.25, 0.3) is 5.91 Å². The van der Waals surface area contributed by atoms with E-state index < -0.39 is 0 Å². The summed E-state index contributed by atoms with van der Waals surface area (Å²) in [5.74, 6) is -0.454. The van der Waals surface area contributed by atoms with Crippen LogP contribution in [0.3, 0.4) is 0 Å². The Morgan fingerprint density at radius 1 is 0.939 bits per heavy atom. The molecule has 0 aliphatic carbocycles. The quantitative estimate of drug-likeness (QED) is 0.387. The minimum atomic E-state index is -0.295. The Kier molecular flexibility index (Phi) is 7.11. The van der Waals surface area contributed by atoms with Gasteiger partial charge in [0.15, 0.2) is 0 Å². The molecule has 0 aliphatic rings. The van der Waals surface area contributed by atoms with Crippen molar-refractivity contribution in [1.82, 2.24) is 20.2 Å². The van der Waals surface area contributed by atoms with Gasteiger partial charge < -0.3 is 10.6 Å². The van der Waals surface area contributed by atoms with Gasteiger partial charge in [-0.3, -0.25) is 9.59 Å². The zero-order valence-corrected chi connectivity index (χ0v) is 18.7. The van der Waals surface area contributed by atoms with Crippen molar-refractivity contribution in [1.29, 1.82) is 0 Å². The Bertz CT molecular complexity index is 1260. The molecule has 4 aromatic rings. The molecule has 33 heavy (non-hydrogen) atoms. The number of amides is 2. The van der Waals surface area contributed by atoms with Crippen LogP contribution in [0.4, 0.5) is 11.4 Å². The molecule has 0 atom stereocenters. The molecule has 0 radical (unpaired) electrons. The summed E-state index contributed by atoms with van der Waals surface area (Å²) in [5.41, 5.74) is 3.62. The molecule has 0 saturated heterocycles. The lowest BCUT2D eigenvalue weighted by Crippen LogP contribution is -2.19. The van der Waals surface area contributed by atoms with Crippen LogP contribution in [0.1, 0.15) is 21.5 Å². The van der Waals surface area contributed by atoms with Crippen molar-refractivity contribution in [3.63, 3.8) is 0 Å². The SMILES string of the molecule is Cc1cccc(NC(=O)c2ccccc2NC(=O)CSc2nnnn2Cc2ccccc2)c1. The van der Waals surface area contributed by atoms with Crippen LogP contribution in [0.25, 0.3) is 0 Å². The van der Waals surface area contributed by atoms with E-state index in [0.29, 0.717) is 28.6 Å². The van der Waals surface area contributed by atoms with Crippen LogP contribution in [0, 0.1) is 6.92 Å². The third-order valence-corrected chi connectivity index (χ3v) is 5.69. The van der Waals surface area contributed by atoms with Gasteiger partial charge in [-0.2, -0.15) is 0 Å². The normalized spacial score (nSPS) is 10.6. The van der Waals surface area contributed by atoms with Crippen LogP contribution < -0.4 is 10.6 Å². The molecule has 9 heteroatoms. The van der Waals surface area contributed by atoms with Crippen LogP contribution in [-0.4, -0.2) is 37.8 Å². The number of hydrogen-bond acceptors (Lipinski definition) is 6. The van der Waals surface area contributed by atoms with Gasteiger partial charge in [-0.05, 0) is 52.7 Å². The highest BCUT2D eigenvalue weighted by atomic mass is 32.2. The fraction of sp³-hybridized carbons (Fsp3) is 0.125. The summed E-state index contributed by atoms with van der Waals surface area (Å²) in [6.45, 7) is 2.47. The topological polar surface area (TPSA) is 102 Å². The maximum Gasteiger partial charge on any atom is 0.257 e. The minimum absolute atomic E-state index is 0.100. The predicted octanol–water partition coefficient (Wildman–Crippen LogP) is 4.01. The molecule has 1 aromatic heterocycles. The number of thioether (sulfide) groups is 1. The van der Waals surface area contributed by atoms with Crippen molar-refractivity contribution >= 4 is 35.0 Å². The predicted molar refractivity (Wildman–Crippen MR) is 128 cm³/mol. The number of tetrazole rings is 1. The molecule has 2 N–H and O–H groups in total. The maximum absolute atomic E-state index is 12.8. The van der Waals surface area contributed by atoms with E-state index in [0.717, 1.165) is 11.1 Å². The molecule has 166 valence electrons. The third kappa shape index (κ3) is 6.05. The summed E-state index contributed by atoms with van der Waals surface area (Å²) >= 11 is 1.23. The number of benzene rings is 3. The Morgan fingerprint density at radius 3 is 2.55 bits per heavy atom. The summed E-state index contributed by atoms with van der Waals surface area (Å²) in [6.07, 6.45) is 0. The lowest BCUT2D eigenvalue weighted by atomic mass is 10.1. The molecule has 0 aliphatic heterocycles. The smallest absolute Gasteiger partial charge is 0.257 e. The first-order valence-electron chi connectivity index (χ1n) is 10.3. The highest BCUT2D eigenvalue weighted by Gasteiger charge is 2.15. The molecule has 1 heterocycles. The van der Waals surface area contributed by atoms with E-state index in [9.17, 15) is 9.59 Å². The fourth-order valence-electron chi connectivity index (χ4n) is 3.18. The van der Waals surface area contributed by atoms with Crippen LogP contribution >= 0.6 is 11.8 Å². The number of carbonyl (C=O) groups is 2. The van der Waals surface area contributed by atoms with Crippen LogP contribution in [-0.2, 0) is 11.3 Å². The molecular formula is C24H22N6O2S. The van der Waals surface area contributed by atoms with Gasteiger partial charge in [0.2, 0.25) is 11.1 Å². The largest absolute Gasteiger partial charge is 0.325 e. The van der Waals surface area contributed by atoms with Crippen molar-refractivity contribution in [2.75, 3.05) is 16.4 Å². The highest BCUT2D eigenvalue weighted by Crippen LogP contribution is 2.20. The number of para-hydroxylation sites is 1. The molecule has 0 spiro atoms.